The third-order valence-corrected chi connectivity index (χ3v) is 2.55. The van der Waals surface area contributed by atoms with Crippen LogP contribution >= 0.6 is 11.6 Å². The maximum absolute atomic E-state index is 5.87. The van der Waals surface area contributed by atoms with Crippen molar-refractivity contribution in [2.24, 2.45) is 0 Å². The molecule has 1 atom stereocenters. The van der Waals surface area contributed by atoms with E-state index in [1.54, 1.807) is 6.26 Å². The summed E-state index contributed by atoms with van der Waals surface area (Å²) in [6.07, 6.45) is 3.84. The Bertz CT molecular complexity index is 344. The molecule has 1 heterocycles. The molecular weight excluding hydrogens is 184 g/mol. The number of rotatable bonds is 1. The zero-order chi connectivity index (χ0) is 9.26. The molecule has 1 nitrogen and oxygen atoms in total. The van der Waals surface area contributed by atoms with Gasteiger partial charge in [-0.15, -0.1) is 0 Å². The predicted molar refractivity (Wildman–Crippen MR) is 54.0 cm³/mol. The second kappa shape index (κ2) is 3.43. The predicted octanol–water partition coefficient (Wildman–Crippen LogP) is 3.28. The zero-order valence-electron chi connectivity index (χ0n) is 7.46. The Balaban J connectivity index is 2.34. The summed E-state index contributed by atoms with van der Waals surface area (Å²) in [6, 6.07) is 5.99. The van der Waals surface area contributed by atoms with Crippen molar-refractivity contribution in [3.05, 3.63) is 46.7 Å². The molecule has 0 saturated heterocycles. The van der Waals surface area contributed by atoms with Gasteiger partial charge in [-0.2, -0.15) is 0 Å². The van der Waals surface area contributed by atoms with Gasteiger partial charge in [-0.3, -0.25) is 0 Å². The van der Waals surface area contributed by atoms with Crippen LogP contribution < -0.4 is 0 Å². The summed E-state index contributed by atoms with van der Waals surface area (Å²) in [7, 11) is 0. The van der Waals surface area contributed by atoms with Crippen LogP contribution in [0.3, 0.4) is 0 Å². The van der Waals surface area contributed by atoms with Crippen LogP contribution in [0.5, 0.6) is 0 Å². The summed E-state index contributed by atoms with van der Waals surface area (Å²) in [5.74, 6) is 0.400. The fraction of sp³-hybridized carbons (Fsp3) is 0.273. The van der Waals surface area contributed by atoms with E-state index >= 15 is 0 Å². The first kappa shape index (κ1) is 8.64. The van der Waals surface area contributed by atoms with Gasteiger partial charge in [0, 0.05) is 10.9 Å². The molecule has 68 valence electrons. The first-order valence-electron chi connectivity index (χ1n) is 4.31. The highest BCUT2D eigenvalue weighted by molar-refractivity contribution is 6.30. The highest BCUT2D eigenvalue weighted by Crippen LogP contribution is 2.26. The Hall–Kier alpha value is -0.950. The SMILES string of the molecule is Cc1cc(Cl)ccc1C1C=COC1. The van der Waals surface area contributed by atoms with E-state index in [4.69, 9.17) is 16.3 Å². The van der Waals surface area contributed by atoms with Gasteiger partial charge < -0.3 is 4.74 Å². The number of ether oxygens (including phenoxy) is 1. The van der Waals surface area contributed by atoms with Crippen LogP contribution in [0.4, 0.5) is 0 Å². The lowest BCUT2D eigenvalue weighted by Gasteiger charge is -2.10. The van der Waals surface area contributed by atoms with Gasteiger partial charge in [0.05, 0.1) is 12.9 Å². The maximum Gasteiger partial charge on any atom is 0.0977 e. The molecule has 1 aliphatic heterocycles. The van der Waals surface area contributed by atoms with Crippen LogP contribution in [0.25, 0.3) is 0 Å². The Labute approximate surface area is 83.0 Å². The van der Waals surface area contributed by atoms with Gasteiger partial charge >= 0.3 is 0 Å². The fourth-order valence-electron chi connectivity index (χ4n) is 1.61. The van der Waals surface area contributed by atoms with E-state index in [0.29, 0.717) is 5.92 Å². The molecule has 1 aliphatic rings. The van der Waals surface area contributed by atoms with Gasteiger partial charge in [0.15, 0.2) is 0 Å². The molecule has 1 unspecified atom stereocenters. The monoisotopic (exact) mass is 194 g/mol. The Morgan fingerprint density at radius 2 is 2.31 bits per heavy atom. The van der Waals surface area contributed by atoms with Crippen molar-refractivity contribution in [2.45, 2.75) is 12.8 Å². The van der Waals surface area contributed by atoms with E-state index < -0.39 is 0 Å². The molecule has 0 aliphatic carbocycles. The van der Waals surface area contributed by atoms with E-state index in [9.17, 15) is 0 Å². The number of benzene rings is 1. The van der Waals surface area contributed by atoms with Crippen molar-refractivity contribution >= 4 is 11.6 Å². The van der Waals surface area contributed by atoms with Gasteiger partial charge in [-0.1, -0.05) is 17.7 Å². The van der Waals surface area contributed by atoms with E-state index in [2.05, 4.69) is 19.1 Å². The summed E-state index contributed by atoms with van der Waals surface area (Å²) in [4.78, 5) is 0. The van der Waals surface area contributed by atoms with Crippen molar-refractivity contribution in [1.29, 1.82) is 0 Å². The summed E-state index contributed by atoms with van der Waals surface area (Å²) in [5, 5.41) is 0.796. The minimum atomic E-state index is 0.400. The quantitative estimate of drug-likeness (QED) is 0.667. The first-order valence-corrected chi connectivity index (χ1v) is 4.69. The Kier molecular flexibility index (Phi) is 2.28. The standard InChI is InChI=1S/C11H11ClO/c1-8-6-10(12)2-3-11(8)9-4-5-13-7-9/h2-6,9H,7H2,1H3. The molecule has 13 heavy (non-hydrogen) atoms. The van der Waals surface area contributed by atoms with Gasteiger partial charge in [-0.05, 0) is 36.3 Å². The number of hydrogen-bond donors (Lipinski definition) is 0. The third-order valence-electron chi connectivity index (χ3n) is 2.31. The Morgan fingerprint density at radius 1 is 1.46 bits per heavy atom. The number of hydrogen-bond acceptors (Lipinski definition) is 1. The summed E-state index contributed by atoms with van der Waals surface area (Å²) in [5.41, 5.74) is 2.53. The average molecular weight is 195 g/mol. The molecule has 0 amide bonds. The second-order valence-corrected chi connectivity index (χ2v) is 3.71. The molecule has 0 saturated carbocycles. The lowest BCUT2D eigenvalue weighted by molar-refractivity contribution is 0.269. The van der Waals surface area contributed by atoms with Crippen LogP contribution in [-0.2, 0) is 4.74 Å². The molecule has 0 fully saturated rings. The summed E-state index contributed by atoms with van der Waals surface area (Å²) < 4.78 is 5.18. The molecule has 2 rings (SSSR count). The van der Waals surface area contributed by atoms with Crippen LogP contribution in [0.2, 0.25) is 5.02 Å². The number of halogens is 1. The van der Waals surface area contributed by atoms with Crippen molar-refractivity contribution in [3.8, 4) is 0 Å². The maximum atomic E-state index is 5.87. The zero-order valence-corrected chi connectivity index (χ0v) is 8.21. The van der Waals surface area contributed by atoms with Crippen LogP contribution in [0.1, 0.15) is 17.0 Å². The van der Waals surface area contributed by atoms with E-state index in [1.165, 1.54) is 11.1 Å². The van der Waals surface area contributed by atoms with E-state index in [1.807, 2.05) is 12.1 Å². The molecule has 0 N–H and O–H groups in total. The molecule has 0 aromatic heterocycles. The van der Waals surface area contributed by atoms with Gasteiger partial charge in [-0.25, -0.2) is 0 Å². The minimum absolute atomic E-state index is 0.400. The molecule has 1 aromatic carbocycles. The molecule has 0 radical (unpaired) electrons. The molecule has 1 aromatic rings. The highest BCUT2D eigenvalue weighted by Gasteiger charge is 2.14. The molecule has 0 bridgehead atoms. The highest BCUT2D eigenvalue weighted by atomic mass is 35.5. The first-order chi connectivity index (χ1) is 6.27. The van der Waals surface area contributed by atoms with E-state index in [0.717, 1.165) is 11.6 Å². The van der Waals surface area contributed by atoms with E-state index in [-0.39, 0.29) is 0 Å². The molecular formula is C11H11ClO. The van der Waals surface area contributed by atoms with Crippen molar-refractivity contribution in [3.63, 3.8) is 0 Å². The van der Waals surface area contributed by atoms with Crippen molar-refractivity contribution < 1.29 is 4.74 Å². The molecule has 0 spiro atoms. The fourth-order valence-corrected chi connectivity index (χ4v) is 1.84. The van der Waals surface area contributed by atoms with Crippen molar-refractivity contribution in [1.82, 2.24) is 0 Å². The lowest BCUT2D eigenvalue weighted by atomic mass is 9.96. The summed E-state index contributed by atoms with van der Waals surface area (Å²) >= 11 is 5.87. The van der Waals surface area contributed by atoms with Crippen LogP contribution in [-0.4, -0.2) is 6.61 Å². The molecule has 2 heteroatoms. The number of aryl methyl sites for hydroxylation is 1. The third kappa shape index (κ3) is 1.70. The smallest absolute Gasteiger partial charge is 0.0977 e. The van der Waals surface area contributed by atoms with Crippen LogP contribution in [0, 0.1) is 6.92 Å². The van der Waals surface area contributed by atoms with Crippen LogP contribution in [0.15, 0.2) is 30.5 Å². The normalized spacial score (nSPS) is 20.3. The Morgan fingerprint density at radius 3 is 2.92 bits per heavy atom. The topological polar surface area (TPSA) is 9.23 Å². The summed E-state index contributed by atoms with van der Waals surface area (Å²) in [6.45, 7) is 2.83. The van der Waals surface area contributed by atoms with Gasteiger partial charge in [0.1, 0.15) is 0 Å². The lowest BCUT2D eigenvalue weighted by Crippen LogP contribution is -1.99. The van der Waals surface area contributed by atoms with Crippen molar-refractivity contribution in [2.75, 3.05) is 6.61 Å². The minimum Gasteiger partial charge on any atom is -0.501 e. The van der Waals surface area contributed by atoms with Gasteiger partial charge in [0.25, 0.3) is 0 Å². The average Bonchev–Trinajstić information content (AvgIpc) is 2.56. The largest absolute Gasteiger partial charge is 0.501 e. The van der Waals surface area contributed by atoms with Gasteiger partial charge in [0.2, 0.25) is 0 Å². The second-order valence-electron chi connectivity index (χ2n) is 3.27.